The first-order chi connectivity index (χ1) is 14.2. The van der Waals surface area contributed by atoms with Gasteiger partial charge in [0.15, 0.2) is 11.5 Å². The Hall–Kier alpha value is -2.56. The van der Waals surface area contributed by atoms with E-state index in [9.17, 15) is 4.39 Å². The van der Waals surface area contributed by atoms with Gasteiger partial charge in [-0.15, -0.1) is 12.4 Å². The third kappa shape index (κ3) is 7.05. The van der Waals surface area contributed by atoms with Crippen molar-refractivity contribution in [2.45, 2.75) is 39.0 Å². The maximum Gasteiger partial charge on any atom is 0.166 e. The molecular weight excluding hydrogens is 401 g/mol. The summed E-state index contributed by atoms with van der Waals surface area (Å²) in [5.74, 6) is 1.17. The summed E-state index contributed by atoms with van der Waals surface area (Å²) in [5.41, 5.74) is 3.30. The van der Waals surface area contributed by atoms with Crippen LogP contribution in [0.2, 0.25) is 0 Å². The van der Waals surface area contributed by atoms with Crippen molar-refractivity contribution in [3.05, 3.63) is 95.3 Å². The van der Waals surface area contributed by atoms with Crippen LogP contribution in [0.4, 0.5) is 4.39 Å². The summed E-state index contributed by atoms with van der Waals surface area (Å²) >= 11 is 0. The maximum atomic E-state index is 13.1. The highest BCUT2D eigenvalue weighted by molar-refractivity contribution is 5.85. The van der Waals surface area contributed by atoms with Crippen molar-refractivity contribution < 1.29 is 13.9 Å². The second-order valence-corrected chi connectivity index (χ2v) is 7.17. The molecule has 3 aromatic rings. The van der Waals surface area contributed by atoms with E-state index >= 15 is 0 Å². The van der Waals surface area contributed by atoms with Gasteiger partial charge in [-0.3, -0.25) is 0 Å². The Balaban J connectivity index is 0.00000320. The standard InChI is InChI=1S/C25H28FNO2.ClH/c1-19(11-12-20-7-4-3-5-8-20)27-17-22-9-6-10-24(28-2)25(22)29-18-21-13-15-23(26)16-14-21;/h3-10,13-16,19,27H,11-12,17-18H2,1-2H3;1H. The van der Waals surface area contributed by atoms with Crippen LogP contribution in [0.3, 0.4) is 0 Å². The predicted molar refractivity (Wildman–Crippen MR) is 122 cm³/mol. The average Bonchev–Trinajstić information content (AvgIpc) is 2.76. The van der Waals surface area contributed by atoms with Crippen molar-refractivity contribution in [2.75, 3.05) is 7.11 Å². The average molecular weight is 430 g/mol. The number of rotatable bonds is 10. The van der Waals surface area contributed by atoms with Crippen LogP contribution >= 0.6 is 12.4 Å². The fourth-order valence-electron chi connectivity index (χ4n) is 3.18. The predicted octanol–water partition coefficient (Wildman–Crippen LogP) is 5.95. The van der Waals surface area contributed by atoms with Crippen LogP contribution in [0, 0.1) is 5.82 Å². The minimum atomic E-state index is -0.250. The number of halogens is 2. The number of ether oxygens (including phenoxy) is 2. The molecule has 0 spiro atoms. The Morgan fingerprint density at radius 3 is 2.33 bits per heavy atom. The van der Waals surface area contributed by atoms with Crippen LogP contribution in [0.15, 0.2) is 72.8 Å². The molecule has 0 bridgehead atoms. The summed E-state index contributed by atoms with van der Waals surface area (Å²) in [5, 5.41) is 3.58. The molecule has 0 saturated carbocycles. The molecule has 160 valence electrons. The lowest BCUT2D eigenvalue weighted by molar-refractivity contribution is 0.280. The normalized spacial score (nSPS) is 11.4. The van der Waals surface area contributed by atoms with Crippen LogP contribution in [-0.2, 0) is 19.6 Å². The molecule has 3 rings (SSSR count). The SMILES string of the molecule is COc1cccc(CNC(C)CCc2ccccc2)c1OCc1ccc(F)cc1.Cl. The fraction of sp³-hybridized carbons (Fsp3) is 0.280. The molecule has 0 aromatic heterocycles. The van der Waals surface area contributed by atoms with E-state index in [1.54, 1.807) is 19.2 Å². The Labute approximate surface area is 184 Å². The first-order valence-corrected chi connectivity index (χ1v) is 9.96. The van der Waals surface area contributed by atoms with E-state index < -0.39 is 0 Å². The number of aryl methyl sites for hydroxylation is 1. The number of hydrogen-bond acceptors (Lipinski definition) is 3. The van der Waals surface area contributed by atoms with Crippen LogP contribution in [-0.4, -0.2) is 13.2 Å². The van der Waals surface area contributed by atoms with Gasteiger partial charge in [-0.1, -0.05) is 54.6 Å². The maximum absolute atomic E-state index is 13.1. The van der Waals surface area contributed by atoms with Gasteiger partial charge in [0, 0.05) is 18.2 Å². The van der Waals surface area contributed by atoms with Crippen molar-refractivity contribution >= 4 is 12.4 Å². The van der Waals surface area contributed by atoms with E-state index in [0.29, 0.717) is 24.9 Å². The molecule has 0 heterocycles. The van der Waals surface area contributed by atoms with Gasteiger partial charge in [0.2, 0.25) is 0 Å². The molecule has 3 aromatic carbocycles. The zero-order valence-corrected chi connectivity index (χ0v) is 18.3. The van der Waals surface area contributed by atoms with E-state index in [1.807, 2.05) is 24.3 Å². The molecule has 3 nitrogen and oxygen atoms in total. The quantitative estimate of drug-likeness (QED) is 0.432. The van der Waals surface area contributed by atoms with E-state index in [0.717, 1.165) is 29.7 Å². The molecule has 0 fully saturated rings. The third-order valence-electron chi connectivity index (χ3n) is 4.93. The lowest BCUT2D eigenvalue weighted by Crippen LogP contribution is -2.26. The van der Waals surface area contributed by atoms with E-state index in [1.165, 1.54) is 17.7 Å². The second kappa shape index (κ2) is 12.2. The summed E-state index contributed by atoms with van der Waals surface area (Å²) in [6.07, 6.45) is 2.10. The molecule has 30 heavy (non-hydrogen) atoms. The number of benzene rings is 3. The molecule has 0 aliphatic carbocycles. The molecule has 1 unspecified atom stereocenters. The topological polar surface area (TPSA) is 30.5 Å². The van der Waals surface area contributed by atoms with E-state index in [4.69, 9.17) is 9.47 Å². The van der Waals surface area contributed by atoms with Gasteiger partial charge in [-0.2, -0.15) is 0 Å². The Kier molecular flexibility index (Phi) is 9.65. The molecule has 0 amide bonds. The summed E-state index contributed by atoms with van der Waals surface area (Å²) in [6, 6.07) is 23.1. The molecular formula is C25H29ClFNO2. The molecule has 0 radical (unpaired) electrons. The number of methoxy groups -OCH3 is 1. The van der Waals surface area contributed by atoms with Gasteiger partial charge in [-0.25, -0.2) is 4.39 Å². The first-order valence-electron chi connectivity index (χ1n) is 9.96. The lowest BCUT2D eigenvalue weighted by Gasteiger charge is -2.18. The highest BCUT2D eigenvalue weighted by Gasteiger charge is 2.12. The zero-order chi connectivity index (χ0) is 20.5. The van der Waals surface area contributed by atoms with Gasteiger partial charge >= 0.3 is 0 Å². The summed E-state index contributed by atoms with van der Waals surface area (Å²) in [7, 11) is 1.64. The number of para-hydroxylation sites is 1. The number of nitrogens with one attached hydrogen (secondary N) is 1. The zero-order valence-electron chi connectivity index (χ0n) is 17.4. The van der Waals surface area contributed by atoms with Crippen LogP contribution < -0.4 is 14.8 Å². The largest absolute Gasteiger partial charge is 0.493 e. The van der Waals surface area contributed by atoms with Gasteiger partial charge in [0.25, 0.3) is 0 Å². The Morgan fingerprint density at radius 1 is 0.900 bits per heavy atom. The molecule has 1 atom stereocenters. The second-order valence-electron chi connectivity index (χ2n) is 7.17. The third-order valence-corrected chi connectivity index (χ3v) is 4.93. The Morgan fingerprint density at radius 2 is 1.63 bits per heavy atom. The van der Waals surface area contributed by atoms with Gasteiger partial charge < -0.3 is 14.8 Å². The summed E-state index contributed by atoms with van der Waals surface area (Å²) in [4.78, 5) is 0. The molecule has 1 N–H and O–H groups in total. The minimum absolute atomic E-state index is 0. The van der Waals surface area contributed by atoms with Crippen molar-refractivity contribution in [3.8, 4) is 11.5 Å². The Bertz CT molecular complexity index is 887. The van der Waals surface area contributed by atoms with E-state index in [-0.39, 0.29) is 18.2 Å². The van der Waals surface area contributed by atoms with Crippen molar-refractivity contribution in [1.82, 2.24) is 5.32 Å². The van der Waals surface area contributed by atoms with Crippen molar-refractivity contribution in [1.29, 1.82) is 0 Å². The van der Waals surface area contributed by atoms with Gasteiger partial charge in [0.05, 0.1) is 7.11 Å². The molecule has 0 aliphatic heterocycles. The fourth-order valence-corrected chi connectivity index (χ4v) is 3.18. The first kappa shape index (κ1) is 23.7. The molecule has 0 aliphatic rings. The highest BCUT2D eigenvalue weighted by atomic mass is 35.5. The van der Waals surface area contributed by atoms with Gasteiger partial charge in [-0.05, 0) is 49.1 Å². The van der Waals surface area contributed by atoms with Crippen LogP contribution in [0.1, 0.15) is 30.0 Å². The minimum Gasteiger partial charge on any atom is -0.493 e. The lowest BCUT2D eigenvalue weighted by atomic mass is 10.1. The highest BCUT2D eigenvalue weighted by Crippen LogP contribution is 2.32. The molecule has 0 saturated heterocycles. The van der Waals surface area contributed by atoms with Crippen molar-refractivity contribution in [2.24, 2.45) is 0 Å². The van der Waals surface area contributed by atoms with E-state index in [2.05, 4.69) is 36.5 Å². The molecule has 5 heteroatoms. The summed E-state index contributed by atoms with van der Waals surface area (Å²) in [6.45, 7) is 3.24. The summed E-state index contributed by atoms with van der Waals surface area (Å²) < 4.78 is 24.7. The smallest absolute Gasteiger partial charge is 0.166 e. The number of hydrogen-bond donors (Lipinski definition) is 1. The van der Waals surface area contributed by atoms with Crippen LogP contribution in [0.25, 0.3) is 0 Å². The van der Waals surface area contributed by atoms with Gasteiger partial charge in [0.1, 0.15) is 12.4 Å². The monoisotopic (exact) mass is 429 g/mol. The van der Waals surface area contributed by atoms with Crippen LogP contribution in [0.5, 0.6) is 11.5 Å². The van der Waals surface area contributed by atoms with Crippen molar-refractivity contribution in [3.63, 3.8) is 0 Å².